The molecule has 190 valence electrons. The number of amides is 2. The van der Waals surface area contributed by atoms with Gasteiger partial charge in [0.2, 0.25) is 11.8 Å². The lowest BCUT2D eigenvalue weighted by molar-refractivity contribution is -0.111. The predicted octanol–water partition coefficient (Wildman–Crippen LogP) is 5.40. The normalized spacial score (nSPS) is 11.3. The molecule has 0 radical (unpaired) electrons. The first-order valence-electron chi connectivity index (χ1n) is 12.1. The van der Waals surface area contributed by atoms with Crippen LogP contribution in [0.4, 0.5) is 11.4 Å². The van der Waals surface area contributed by atoms with Gasteiger partial charge in [-0.05, 0) is 71.7 Å². The van der Waals surface area contributed by atoms with Gasteiger partial charge in [0.05, 0.1) is 23.7 Å². The summed E-state index contributed by atoms with van der Waals surface area (Å²) in [4.78, 5) is 28.7. The molecule has 0 aliphatic rings. The molecule has 4 aromatic rings. The molecule has 2 amide bonds. The lowest BCUT2D eigenvalue weighted by atomic mass is 9.95. The van der Waals surface area contributed by atoms with Crippen LogP contribution >= 0.6 is 0 Å². The number of carbonyl (C=O) groups is 2. The van der Waals surface area contributed by atoms with E-state index in [-0.39, 0.29) is 5.91 Å². The molecular formula is C31H28N4O3. The zero-order chi connectivity index (χ0) is 26.9. The summed E-state index contributed by atoms with van der Waals surface area (Å²) in [7, 11) is 0. The van der Waals surface area contributed by atoms with Crippen LogP contribution in [0.15, 0.2) is 97.2 Å². The first kappa shape index (κ1) is 25.9. The number of primary amides is 1. The van der Waals surface area contributed by atoms with Gasteiger partial charge in [0.15, 0.2) is 0 Å². The topological polar surface area (TPSA) is 120 Å². The Balaban J connectivity index is 1.53. The fraction of sp³-hybridized carbons (Fsp3) is 0.0645. The van der Waals surface area contributed by atoms with Crippen LogP contribution in [0.25, 0.3) is 17.7 Å². The van der Waals surface area contributed by atoms with Crippen molar-refractivity contribution in [2.75, 3.05) is 17.7 Å². The van der Waals surface area contributed by atoms with Crippen molar-refractivity contribution in [2.24, 2.45) is 5.73 Å². The molecule has 7 heteroatoms. The van der Waals surface area contributed by atoms with E-state index in [0.717, 1.165) is 28.0 Å². The van der Waals surface area contributed by atoms with E-state index < -0.39 is 5.91 Å². The highest BCUT2D eigenvalue weighted by Crippen LogP contribution is 2.27. The molecule has 0 bridgehead atoms. The number of benzene rings is 3. The van der Waals surface area contributed by atoms with E-state index in [1.165, 1.54) is 6.08 Å². The Hall–Kier alpha value is -5.17. The molecule has 0 atom stereocenters. The zero-order valence-electron chi connectivity index (χ0n) is 20.9. The first-order valence-corrected chi connectivity index (χ1v) is 12.1. The molecule has 0 aliphatic carbocycles. The Morgan fingerprint density at radius 2 is 1.68 bits per heavy atom. The highest BCUT2D eigenvalue weighted by Gasteiger charge is 2.09. The van der Waals surface area contributed by atoms with E-state index in [2.05, 4.69) is 10.3 Å². The number of nitrogens with two attached hydrogens (primary N) is 2. The largest absolute Gasteiger partial charge is 0.494 e. The number of ether oxygens (including phenoxy) is 1. The maximum atomic E-state index is 12.5. The van der Waals surface area contributed by atoms with Crippen molar-refractivity contribution in [3.8, 4) is 5.75 Å². The Bertz CT molecular complexity index is 1490. The molecule has 7 nitrogen and oxygen atoms in total. The van der Waals surface area contributed by atoms with Crippen molar-refractivity contribution >= 4 is 40.9 Å². The fourth-order valence-electron chi connectivity index (χ4n) is 3.79. The Morgan fingerprint density at radius 1 is 0.921 bits per heavy atom. The predicted molar refractivity (Wildman–Crippen MR) is 152 cm³/mol. The molecule has 0 saturated heterocycles. The van der Waals surface area contributed by atoms with Crippen LogP contribution in [0.5, 0.6) is 5.75 Å². The minimum absolute atomic E-state index is 0.324. The molecule has 0 unspecified atom stereocenters. The molecule has 1 heterocycles. The van der Waals surface area contributed by atoms with Crippen LogP contribution in [0, 0.1) is 0 Å². The number of hydrogen-bond acceptors (Lipinski definition) is 5. The third kappa shape index (κ3) is 6.73. The van der Waals surface area contributed by atoms with Crippen molar-refractivity contribution in [2.45, 2.75) is 6.92 Å². The van der Waals surface area contributed by atoms with Gasteiger partial charge in [0, 0.05) is 23.9 Å². The van der Waals surface area contributed by atoms with Crippen molar-refractivity contribution < 1.29 is 14.3 Å². The number of nitrogen functional groups attached to an aromatic ring is 1. The smallest absolute Gasteiger partial charge is 0.248 e. The number of nitrogens with one attached hydrogen (secondary N) is 1. The number of carbonyl (C=O) groups excluding carboxylic acids is 2. The van der Waals surface area contributed by atoms with Crippen molar-refractivity contribution in [3.05, 3.63) is 125 Å². The SMILES string of the molecule is CCOc1ccc(N)c(NC(=O)/C=C/c2ccc(/C=C(\c3ccccc3)c3cccc(C(N)=O)c3)nc2)c1. The lowest BCUT2D eigenvalue weighted by Crippen LogP contribution is -2.10. The van der Waals surface area contributed by atoms with Gasteiger partial charge in [-0.15, -0.1) is 0 Å². The van der Waals surface area contributed by atoms with E-state index in [4.69, 9.17) is 16.2 Å². The van der Waals surface area contributed by atoms with Gasteiger partial charge in [-0.3, -0.25) is 14.6 Å². The summed E-state index contributed by atoms with van der Waals surface area (Å²) in [6.45, 7) is 2.40. The number of rotatable bonds is 9. The van der Waals surface area contributed by atoms with Gasteiger partial charge in [-0.1, -0.05) is 48.5 Å². The number of hydrogen-bond donors (Lipinski definition) is 3. The van der Waals surface area contributed by atoms with Gasteiger partial charge in [-0.25, -0.2) is 0 Å². The number of aromatic nitrogens is 1. The van der Waals surface area contributed by atoms with Crippen LogP contribution in [-0.4, -0.2) is 23.4 Å². The standard InChI is InChI=1S/C31H28N4O3/c1-2-38-26-14-15-28(32)29(19-26)35-30(36)16-12-21-11-13-25(34-20-21)18-27(22-7-4-3-5-8-22)23-9-6-10-24(17-23)31(33)37/h3-20H,2,32H2,1H3,(H2,33,37)(H,35,36)/b16-12+,27-18+. The molecular weight excluding hydrogens is 476 g/mol. The van der Waals surface area contributed by atoms with Gasteiger partial charge in [0.25, 0.3) is 0 Å². The molecule has 0 saturated carbocycles. The Kier molecular flexibility index (Phi) is 8.31. The summed E-state index contributed by atoms with van der Waals surface area (Å²) in [5, 5.41) is 2.77. The zero-order valence-corrected chi connectivity index (χ0v) is 20.9. The van der Waals surface area contributed by atoms with Crippen molar-refractivity contribution in [3.63, 3.8) is 0 Å². The number of nitrogens with zero attached hydrogens (tertiary/aromatic N) is 1. The van der Waals surface area contributed by atoms with E-state index in [9.17, 15) is 9.59 Å². The molecule has 1 aromatic heterocycles. The van der Waals surface area contributed by atoms with Gasteiger partial charge in [-0.2, -0.15) is 0 Å². The Labute approximate surface area is 221 Å². The number of anilines is 2. The van der Waals surface area contributed by atoms with E-state index >= 15 is 0 Å². The van der Waals surface area contributed by atoms with Crippen molar-refractivity contribution in [1.29, 1.82) is 0 Å². The maximum absolute atomic E-state index is 12.5. The average Bonchev–Trinajstić information content (AvgIpc) is 2.94. The second kappa shape index (κ2) is 12.2. The van der Waals surface area contributed by atoms with Crippen LogP contribution in [-0.2, 0) is 4.79 Å². The maximum Gasteiger partial charge on any atom is 0.248 e. The lowest BCUT2D eigenvalue weighted by Gasteiger charge is -2.10. The molecule has 4 rings (SSSR count). The molecule has 0 fully saturated rings. The fourth-order valence-corrected chi connectivity index (χ4v) is 3.79. The van der Waals surface area contributed by atoms with Crippen LogP contribution in [0.2, 0.25) is 0 Å². The molecule has 3 aromatic carbocycles. The second-order valence-corrected chi connectivity index (χ2v) is 8.39. The average molecular weight is 505 g/mol. The highest BCUT2D eigenvalue weighted by molar-refractivity contribution is 6.03. The summed E-state index contributed by atoms with van der Waals surface area (Å²) >= 11 is 0. The Morgan fingerprint density at radius 3 is 2.39 bits per heavy atom. The summed E-state index contributed by atoms with van der Waals surface area (Å²) in [6, 6.07) is 25.9. The van der Waals surface area contributed by atoms with Crippen LogP contribution < -0.4 is 21.5 Å². The first-order chi connectivity index (χ1) is 18.4. The monoisotopic (exact) mass is 504 g/mol. The summed E-state index contributed by atoms with van der Waals surface area (Å²) < 4.78 is 5.47. The third-order valence-corrected chi connectivity index (χ3v) is 5.67. The third-order valence-electron chi connectivity index (χ3n) is 5.67. The van der Waals surface area contributed by atoms with Crippen LogP contribution in [0.1, 0.15) is 39.7 Å². The van der Waals surface area contributed by atoms with E-state index in [1.807, 2.05) is 61.5 Å². The van der Waals surface area contributed by atoms with Gasteiger partial charge >= 0.3 is 0 Å². The second-order valence-electron chi connectivity index (χ2n) is 8.39. The summed E-state index contributed by atoms with van der Waals surface area (Å²) in [6.07, 6.45) is 6.73. The van der Waals surface area contributed by atoms with E-state index in [1.54, 1.807) is 48.7 Å². The minimum Gasteiger partial charge on any atom is -0.494 e. The summed E-state index contributed by atoms with van der Waals surface area (Å²) in [5.74, 6) is -0.178. The van der Waals surface area contributed by atoms with Crippen molar-refractivity contribution in [1.82, 2.24) is 4.98 Å². The van der Waals surface area contributed by atoms with E-state index in [0.29, 0.717) is 29.3 Å². The minimum atomic E-state index is -0.484. The van der Waals surface area contributed by atoms with Gasteiger partial charge < -0.3 is 21.5 Å². The highest BCUT2D eigenvalue weighted by atomic mass is 16.5. The summed E-state index contributed by atoms with van der Waals surface area (Å²) in [5.41, 5.74) is 17.0. The molecule has 0 spiro atoms. The molecule has 0 aliphatic heterocycles. The quantitative estimate of drug-likeness (QED) is 0.208. The molecule has 38 heavy (non-hydrogen) atoms. The number of pyridine rings is 1. The van der Waals surface area contributed by atoms with Gasteiger partial charge in [0.1, 0.15) is 5.75 Å². The van der Waals surface area contributed by atoms with Crippen LogP contribution in [0.3, 0.4) is 0 Å². The molecule has 5 N–H and O–H groups in total.